The molecule has 0 radical (unpaired) electrons. The largest absolute Gasteiger partial charge is 0.508 e. The number of hydrogen-bond acceptors (Lipinski definition) is 7. The van der Waals surface area contributed by atoms with Crippen molar-refractivity contribution in [1.29, 1.82) is 0 Å². The molecule has 1 unspecified atom stereocenters. The first-order valence-electron chi connectivity index (χ1n) is 15.5. The van der Waals surface area contributed by atoms with E-state index < -0.39 is 17.0 Å². The molecule has 0 amide bonds. The Balaban J connectivity index is 1.54. The van der Waals surface area contributed by atoms with Crippen LogP contribution in [0, 0.1) is 0 Å². The second-order valence-corrected chi connectivity index (χ2v) is 11.8. The van der Waals surface area contributed by atoms with E-state index in [1.54, 1.807) is 50.6 Å². The molecular weight excluding hydrogens is 604 g/mol. The van der Waals surface area contributed by atoms with Crippen molar-refractivity contribution in [1.82, 2.24) is 0 Å². The molecule has 2 aliphatic heterocycles. The fourth-order valence-electron chi connectivity index (χ4n) is 7.38. The standard InChI is InChI=1S/C41H30O7/c1-45-29-17-12-26(13-18-29)40(25-8-4-3-5-9-25,27-14-19-30(46-2)20-15-27)37-35(43)23-22-34-38(37)47-36-24-28(42)16-21-33(36)41(34)32-11-7-6-10-31(32)39(44)48-41/h3-24,42-43H,1-2H3. The Morgan fingerprint density at radius 3 is 1.85 bits per heavy atom. The van der Waals surface area contributed by atoms with Crippen LogP contribution in [-0.2, 0) is 15.8 Å². The van der Waals surface area contributed by atoms with Gasteiger partial charge in [0.2, 0.25) is 0 Å². The van der Waals surface area contributed by atoms with Crippen LogP contribution in [0.25, 0.3) is 0 Å². The molecule has 0 aromatic heterocycles. The summed E-state index contributed by atoms with van der Waals surface area (Å²) in [6.45, 7) is 0. The van der Waals surface area contributed by atoms with Crippen LogP contribution in [0.4, 0.5) is 0 Å². The number of methoxy groups -OCH3 is 2. The highest BCUT2D eigenvalue weighted by Crippen LogP contribution is 2.62. The zero-order valence-corrected chi connectivity index (χ0v) is 26.1. The van der Waals surface area contributed by atoms with E-state index >= 15 is 0 Å². The maximum atomic E-state index is 13.6. The second kappa shape index (κ2) is 11.0. The summed E-state index contributed by atoms with van der Waals surface area (Å²) in [4.78, 5) is 13.6. The number of rotatable bonds is 6. The van der Waals surface area contributed by atoms with E-state index in [1.165, 1.54) is 6.07 Å². The molecule has 48 heavy (non-hydrogen) atoms. The molecule has 0 fully saturated rings. The fraction of sp³-hybridized carbons (Fsp3) is 0.0976. The van der Waals surface area contributed by atoms with Crippen molar-refractivity contribution in [3.63, 3.8) is 0 Å². The number of aromatic hydroxyl groups is 2. The summed E-state index contributed by atoms with van der Waals surface area (Å²) in [7, 11) is 3.23. The Kier molecular flexibility index (Phi) is 6.66. The first-order valence-corrected chi connectivity index (χ1v) is 15.5. The zero-order chi connectivity index (χ0) is 33.0. The van der Waals surface area contributed by atoms with E-state index in [2.05, 4.69) is 0 Å². The van der Waals surface area contributed by atoms with Crippen molar-refractivity contribution < 1.29 is 34.0 Å². The van der Waals surface area contributed by atoms with Gasteiger partial charge in [-0.05, 0) is 71.3 Å². The Morgan fingerprint density at radius 1 is 0.625 bits per heavy atom. The van der Waals surface area contributed by atoms with Crippen molar-refractivity contribution in [2.45, 2.75) is 11.0 Å². The van der Waals surface area contributed by atoms with Gasteiger partial charge in [0.05, 0.1) is 30.8 Å². The predicted molar refractivity (Wildman–Crippen MR) is 179 cm³/mol. The number of hydrogen-bond donors (Lipinski definition) is 2. The predicted octanol–water partition coefficient (Wildman–Crippen LogP) is 8.07. The van der Waals surface area contributed by atoms with E-state index in [1.807, 2.05) is 91.0 Å². The van der Waals surface area contributed by atoms with Gasteiger partial charge in [-0.2, -0.15) is 0 Å². The van der Waals surface area contributed by atoms with Crippen LogP contribution in [0.2, 0.25) is 0 Å². The molecule has 1 spiro atoms. The molecule has 7 nitrogen and oxygen atoms in total. The lowest BCUT2D eigenvalue weighted by Gasteiger charge is -2.42. The van der Waals surface area contributed by atoms with Gasteiger partial charge in [0.15, 0.2) is 5.60 Å². The molecule has 0 bridgehead atoms. The van der Waals surface area contributed by atoms with Gasteiger partial charge in [-0.15, -0.1) is 0 Å². The third-order valence-electron chi connectivity index (χ3n) is 9.47. The van der Waals surface area contributed by atoms with E-state index in [9.17, 15) is 15.0 Å². The third-order valence-corrected chi connectivity index (χ3v) is 9.47. The van der Waals surface area contributed by atoms with Crippen molar-refractivity contribution in [3.8, 4) is 34.5 Å². The van der Waals surface area contributed by atoms with Gasteiger partial charge in [0, 0.05) is 22.8 Å². The molecular formula is C41H30O7. The highest BCUT2D eigenvalue weighted by molar-refractivity contribution is 5.97. The Bertz CT molecular complexity index is 2140. The Labute approximate surface area is 277 Å². The summed E-state index contributed by atoms with van der Waals surface area (Å²) in [6.07, 6.45) is 0. The van der Waals surface area contributed by atoms with Crippen LogP contribution in [0.5, 0.6) is 34.5 Å². The first kappa shape index (κ1) is 29.2. The van der Waals surface area contributed by atoms with Gasteiger partial charge in [-0.3, -0.25) is 0 Å². The van der Waals surface area contributed by atoms with Gasteiger partial charge in [0.25, 0.3) is 0 Å². The van der Waals surface area contributed by atoms with Crippen LogP contribution in [0.15, 0.2) is 133 Å². The molecule has 2 heterocycles. The number of ether oxygens (including phenoxy) is 4. The summed E-state index contributed by atoms with van der Waals surface area (Å²) in [5.74, 6) is 1.39. The van der Waals surface area contributed by atoms with E-state index in [-0.39, 0.29) is 11.5 Å². The number of esters is 1. The SMILES string of the molecule is COc1ccc(C(c2ccccc2)(c2ccc(OC)cc2)c2c(O)ccc3c2Oc2cc(O)ccc2C32OC(=O)c3ccccc32)cc1. The summed E-state index contributed by atoms with van der Waals surface area (Å²) >= 11 is 0. The maximum absolute atomic E-state index is 13.6. The average molecular weight is 635 g/mol. The molecule has 7 heteroatoms. The van der Waals surface area contributed by atoms with Crippen LogP contribution < -0.4 is 14.2 Å². The van der Waals surface area contributed by atoms with E-state index in [0.717, 1.165) is 16.7 Å². The first-order chi connectivity index (χ1) is 23.4. The minimum absolute atomic E-state index is 0.0220. The van der Waals surface area contributed by atoms with Gasteiger partial charge in [-0.25, -0.2) is 4.79 Å². The maximum Gasteiger partial charge on any atom is 0.340 e. The summed E-state index contributed by atoms with van der Waals surface area (Å²) in [5, 5.41) is 22.9. The minimum atomic E-state index is -1.42. The fourth-order valence-corrected chi connectivity index (χ4v) is 7.38. The summed E-state index contributed by atoms with van der Waals surface area (Å²) in [5.41, 5.74) is 2.44. The summed E-state index contributed by atoms with van der Waals surface area (Å²) in [6, 6.07) is 40.7. The van der Waals surface area contributed by atoms with Gasteiger partial charge in [-0.1, -0.05) is 72.8 Å². The van der Waals surface area contributed by atoms with Gasteiger partial charge < -0.3 is 29.2 Å². The molecule has 1 atom stereocenters. The highest BCUT2D eigenvalue weighted by atomic mass is 16.6. The number of carbonyl (C=O) groups is 1. The normalized spacial score (nSPS) is 15.9. The molecule has 6 aromatic carbocycles. The second-order valence-electron chi connectivity index (χ2n) is 11.8. The van der Waals surface area contributed by atoms with E-state index in [4.69, 9.17) is 18.9 Å². The van der Waals surface area contributed by atoms with Crippen LogP contribution in [0.1, 0.15) is 49.3 Å². The van der Waals surface area contributed by atoms with Crippen LogP contribution in [0.3, 0.4) is 0 Å². The quantitative estimate of drug-likeness (QED) is 0.141. The van der Waals surface area contributed by atoms with Crippen molar-refractivity contribution >= 4 is 5.97 Å². The number of carbonyl (C=O) groups excluding carboxylic acids is 1. The smallest absolute Gasteiger partial charge is 0.340 e. The average Bonchev–Trinajstić information content (AvgIpc) is 3.42. The lowest BCUT2D eigenvalue weighted by atomic mass is 9.63. The molecule has 0 saturated heterocycles. The van der Waals surface area contributed by atoms with Gasteiger partial charge >= 0.3 is 5.97 Å². The highest BCUT2D eigenvalue weighted by Gasteiger charge is 2.56. The summed E-state index contributed by atoms with van der Waals surface area (Å²) < 4.78 is 24.3. The molecule has 2 aliphatic rings. The lowest BCUT2D eigenvalue weighted by Crippen LogP contribution is -2.36. The minimum Gasteiger partial charge on any atom is -0.508 e. The Hall–Kier alpha value is -6.21. The number of phenolic OH excluding ortho intramolecular Hbond substituents is 2. The number of benzene rings is 6. The monoisotopic (exact) mass is 634 g/mol. The zero-order valence-electron chi connectivity index (χ0n) is 26.1. The molecule has 0 aliphatic carbocycles. The molecule has 236 valence electrons. The third kappa shape index (κ3) is 4.04. The topological polar surface area (TPSA) is 94.5 Å². The van der Waals surface area contributed by atoms with Crippen molar-refractivity contribution in [3.05, 3.63) is 178 Å². The molecule has 0 saturated carbocycles. The van der Waals surface area contributed by atoms with Gasteiger partial charge in [0.1, 0.15) is 34.5 Å². The van der Waals surface area contributed by atoms with E-state index in [0.29, 0.717) is 50.8 Å². The van der Waals surface area contributed by atoms with Crippen molar-refractivity contribution in [2.75, 3.05) is 14.2 Å². The lowest BCUT2D eigenvalue weighted by molar-refractivity contribution is 0.0223. The van der Waals surface area contributed by atoms with Crippen LogP contribution in [-0.4, -0.2) is 30.4 Å². The molecule has 6 aromatic rings. The molecule has 8 rings (SSSR count). The van der Waals surface area contributed by atoms with Crippen molar-refractivity contribution in [2.24, 2.45) is 0 Å². The number of fused-ring (bicyclic) bond motifs is 6. The number of phenols is 2. The molecule has 2 N–H and O–H groups in total. The Morgan fingerprint density at radius 2 is 1.21 bits per heavy atom. The van der Waals surface area contributed by atoms with Crippen LogP contribution >= 0.6 is 0 Å².